The van der Waals surface area contributed by atoms with Crippen molar-refractivity contribution < 1.29 is 10.0 Å². The molecule has 3 N–H and O–H groups in total. The van der Waals surface area contributed by atoms with E-state index in [9.17, 15) is 4.79 Å². The molecule has 1 aromatic heterocycles. The number of imidazole rings is 1. The Hall–Kier alpha value is -2.39. The molecule has 0 aliphatic carbocycles. The van der Waals surface area contributed by atoms with Crippen LogP contribution in [0, 0.1) is 4.78 Å². The van der Waals surface area contributed by atoms with E-state index in [0.717, 1.165) is 33.0 Å². The maximum atomic E-state index is 11.1. The van der Waals surface area contributed by atoms with Crippen LogP contribution >= 0.6 is 23.2 Å². The molecule has 0 radical (unpaired) electrons. The fraction of sp³-hybridized carbons (Fsp3) is 0.273. The summed E-state index contributed by atoms with van der Waals surface area (Å²) in [6.45, 7) is 1.41. The third-order valence-electron chi connectivity index (χ3n) is 4.95. The van der Waals surface area contributed by atoms with E-state index >= 15 is 0 Å². The molecule has 2 aromatic carbocycles. The molecule has 0 spiro atoms. The zero-order valence-corrected chi connectivity index (χ0v) is 19.9. The summed E-state index contributed by atoms with van der Waals surface area (Å²) in [5.74, 6) is 0.986. The van der Waals surface area contributed by atoms with Crippen LogP contribution in [0.15, 0.2) is 53.7 Å². The van der Waals surface area contributed by atoms with Gasteiger partial charge >= 0.3 is 0 Å². The molecule has 7 nitrogen and oxygen atoms in total. The highest BCUT2D eigenvalue weighted by Gasteiger charge is 2.14. The van der Waals surface area contributed by atoms with E-state index in [0.29, 0.717) is 30.6 Å². The molecule has 0 saturated heterocycles. The van der Waals surface area contributed by atoms with E-state index in [1.54, 1.807) is 11.6 Å². The maximum absolute atomic E-state index is 11.1. The number of rotatable bonds is 10. The summed E-state index contributed by atoms with van der Waals surface area (Å²) in [4.78, 5) is 18.0. The molecule has 1 unspecified atom stereocenters. The van der Waals surface area contributed by atoms with E-state index in [1.807, 2.05) is 54.1 Å². The molecule has 0 fully saturated rings. The topological polar surface area (TPSA) is 94.2 Å². The molecule has 0 saturated carbocycles. The molecule has 3 rings (SSSR count). The van der Waals surface area contributed by atoms with Gasteiger partial charge in [-0.3, -0.25) is 14.8 Å². The third kappa shape index (κ3) is 5.89. The molecule has 10 heteroatoms. The quantitative estimate of drug-likeness (QED) is 0.169. The lowest BCUT2D eigenvalue weighted by atomic mass is 10.1. The summed E-state index contributed by atoms with van der Waals surface area (Å²) in [5.41, 5.74) is 6.24. The second kappa shape index (κ2) is 11.5. The first-order valence-electron chi connectivity index (χ1n) is 9.93. The highest BCUT2D eigenvalue weighted by Crippen LogP contribution is 2.25. The van der Waals surface area contributed by atoms with Gasteiger partial charge in [-0.15, -0.1) is 23.2 Å². The number of benzene rings is 2. The van der Waals surface area contributed by atoms with Crippen LogP contribution in [0.4, 0.5) is 5.69 Å². The first-order chi connectivity index (χ1) is 15.5. The zero-order chi connectivity index (χ0) is 23.1. The van der Waals surface area contributed by atoms with Crippen LogP contribution in [-0.2, 0) is 28.3 Å². The van der Waals surface area contributed by atoms with Crippen molar-refractivity contribution in [3.63, 3.8) is 0 Å². The molecule has 1 atom stereocenters. The number of hydrogen-bond donors (Lipinski definition) is 3. The molecule has 0 bridgehead atoms. The number of carbonyl (C=O) groups excluding carboxylic acids is 1. The predicted octanol–water partition coefficient (Wildman–Crippen LogP) is 4.32. The summed E-state index contributed by atoms with van der Waals surface area (Å²) < 4.78 is 10.7. The Labute approximate surface area is 199 Å². The van der Waals surface area contributed by atoms with Gasteiger partial charge in [-0.05, 0) is 46.1 Å². The van der Waals surface area contributed by atoms with E-state index in [2.05, 4.69) is 4.90 Å². The molecule has 170 valence electrons. The molecule has 0 aliphatic rings. The lowest BCUT2D eigenvalue weighted by Crippen LogP contribution is -2.27. The predicted molar refractivity (Wildman–Crippen MR) is 132 cm³/mol. The Morgan fingerprint density at radius 3 is 2.53 bits per heavy atom. The van der Waals surface area contributed by atoms with Crippen LogP contribution in [0.3, 0.4) is 0 Å². The van der Waals surface area contributed by atoms with E-state index in [1.165, 1.54) is 6.08 Å². The summed E-state index contributed by atoms with van der Waals surface area (Å²) in [5, 5.41) is 9.26. The van der Waals surface area contributed by atoms with Crippen molar-refractivity contribution >= 4 is 62.6 Å². The summed E-state index contributed by atoms with van der Waals surface area (Å²) in [7, 11) is 1.10. The van der Waals surface area contributed by atoms with Crippen molar-refractivity contribution in [1.29, 1.82) is 4.78 Å². The molecule has 3 aromatic rings. The number of hydrogen-bond acceptors (Lipinski definition) is 5. The van der Waals surface area contributed by atoms with E-state index in [4.69, 9.17) is 38.2 Å². The third-order valence-corrected chi connectivity index (χ3v) is 6.71. The standard InChI is InChI=1S/C22H25Cl2N5O2S/c1-28-20-8-7-18(29(12-10-23)13-11-24)14-19(20)26-22(28)32(25)15-17-4-2-16(3-5-17)6-9-21(30)27-31/h2-9,14,25,31H,10-13,15H2,1H3,(H,27,30)/b9-6+. The van der Waals surface area contributed by atoms with Gasteiger partial charge in [0.15, 0.2) is 5.16 Å². The molecular weight excluding hydrogens is 469 g/mol. The SMILES string of the molecule is Cn1c(S(=N)Cc2ccc(/C=C/C(=O)NO)cc2)nc2cc(N(CCCl)CCCl)ccc21. The molecule has 1 heterocycles. The number of halogens is 2. The fourth-order valence-corrected chi connectivity index (χ4v) is 5.02. The number of aromatic nitrogens is 2. The van der Waals surface area contributed by atoms with Crippen molar-refractivity contribution in [2.45, 2.75) is 10.9 Å². The fourth-order valence-electron chi connectivity index (χ4n) is 3.32. The minimum Gasteiger partial charge on any atom is -0.369 e. The smallest absolute Gasteiger partial charge is 0.267 e. The van der Waals surface area contributed by atoms with Crippen molar-refractivity contribution in [1.82, 2.24) is 15.0 Å². The van der Waals surface area contributed by atoms with Gasteiger partial charge in [-0.1, -0.05) is 24.3 Å². The van der Waals surface area contributed by atoms with Crippen molar-refractivity contribution in [3.05, 3.63) is 59.7 Å². The van der Waals surface area contributed by atoms with Gasteiger partial charge in [0.1, 0.15) is 0 Å². The lowest BCUT2D eigenvalue weighted by Gasteiger charge is -2.22. The molecule has 0 aliphatic heterocycles. The Morgan fingerprint density at radius 2 is 1.91 bits per heavy atom. The number of aryl methyl sites for hydroxylation is 1. The van der Waals surface area contributed by atoms with Crippen LogP contribution in [-0.4, -0.2) is 45.5 Å². The van der Waals surface area contributed by atoms with E-state index in [-0.39, 0.29) is 0 Å². The number of anilines is 1. The minimum atomic E-state index is -0.841. The molecule has 32 heavy (non-hydrogen) atoms. The van der Waals surface area contributed by atoms with Gasteiger partial charge in [0, 0.05) is 49.4 Å². The van der Waals surface area contributed by atoms with E-state index < -0.39 is 16.6 Å². The highest BCUT2D eigenvalue weighted by atomic mass is 35.5. The maximum Gasteiger partial charge on any atom is 0.267 e. The first-order valence-corrected chi connectivity index (χ1v) is 12.4. The number of alkyl halides is 2. The average Bonchev–Trinajstić information content (AvgIpc) is 3.14. The second-order valence-electron chi connectivity index (χ2n) is 7.08. The normalized spacial score (nSPS) is 12.4. The van der Waals surface area contributed by atoms with Crippen LogP contribution in [0.5, 0.6) is 0 Å². The Balaban J connectivity index is 1.78. The zero-order valence-electron chi connectivity index (χ0n) is 17.6. The minimum absolute atomic E-state index is 0.516. The van der Waals surface area contributed by atoms with Crippen LogP contribution in [0.25, 0.3) is 17.1 Å². The Kier molecular flexibility index (Phi) is 8.69. The lowest BCUT2D eigenvalue weighted by molar-refractivity contribution is -0.124. The largest absolute Gasteiger partial charge is 0.369 e. The number of fused-ring (bicyclic) bond motifs is 1. The Morgan fingerprint density at radius 1 is 1.22 bits per heavy atom. The Bertz CT molecular complexity index is 1130. The summed E-state index contributed by atoms with van der Waals surface area (Å²) in [6.07, 6.45) is 2.86. The van der Waals surface area contributed by atoms with Crippen molar-refractivity contribution in [2.24, 2.45) is 7.05 Å². The number of nitrogens with one attached hydrogen (secondary N) is 2. The van der Waals surface area contributed by atoms with Crippen molar-refractivity contribution in [2.75, 3.05) is 29.7 Å². The van der Waals surface area contributed by atoms with Gasteiger partial charge in [0.25, 0.3) is 5.91 Å². The van der Waals surface area contributed by atoms with Crippen LogP contribution < -0.4 is 10.4 Å². The molecular formula is C22H25Cl2N5O2S. The van der Waals surface area contributed by atoms with Crippen LogP contribution in [0.1, 0.15) is 11.1 Å². The molecule has 1 amide bonds. The van der Waals surface area contributed by atoms with Crippen molar-refractivity contribution in [3.8, 4) is 0 Å². The number of hydroxylamine groups is 1. The van der Waals surface area contributed by atoms with Gasteiger partial charge < -0.3 is 9.47 Å². The summed E-state index contributed by atoms with van der Waals surface area (Å²) in [6, 6.07) is 13.7. The van der Waals surface area contributed by atoms with Gasteiger partial charge in [-0.25, -0.2) is 10.5 Å². The van der Waals surface area contributed by atoms with Crippen LogP contribution in [0.2, 0.25) is 0 Å². The number of carbonyl (C=O) groups is 1. The highest BCUT2D eigenvalue weighted by molar-refractivity contribution is 7.85. The van der Waals surface area contributed by atoms with Gasteiger partial charge in [-0.2, -0.15) is 0 Å². The first kappa shape index (κ1) is 24.3. The van der Waals surface area contributed by atoms with Gasteiger partial charge in [0.2, 0.25) is 0 Å². The van der Waals surface area contributed by atoms with Gasteiger partial charge in [0.05, 0.1) is 11.0 Å². The average molecular weight is 494 g/mol. The number of amides is 1. The monoisotopic (exact) mass is 493 g/mol. The number of nitrogens with zero attached hydrogens (tertiary/aromatic N) is 3. The second-order valence-corrected chi connectivity index (χ2v) is 9.27. The summed E-state index contributed by atoms with van der Waals surface area (Å²) >= 11 is 11.9.